The molecule has 0 saturated heterocycles. The van der Waals surface area contributed by atoms with Crippen molar-refractivity contribution in [2.75, 3.05) is 13.2 Å². The molecule has 1 aromatic heterocycles. The van der Waals surface area contributed by atoms with Crippen molar-refractivity contribution >= 4 is 12.0 Å². The molecule has 1 aromatic rings. The zero-order valence-corrected chi connectivity index (χ0v) is 12.0. The number of aliphatic hydroxyl groups excluding tert-OH is 1. The maximum atomic E-state index is 11.8. The lowest BCUT2D eigenvalue weighted by Gasteiger charge is -2.06. The fourth-order valence-corrected chi connectivity index (χ4v) is 1.45. The second kappa shape index (κ2) is 7.99. The molecule has 0 aliphatic heterocycles. The summed E-state index contributed by atoms with van der Waals surface area (Å²) < 4.78 is 11.7. The third-order valence-electron chi connectivity index (χ3n) is 2.45. The molecule has 0 bridgehead atoms. The summed E-state index contributed by atoms with van der Waals surface area (Å²) >= 11 is 0. The Hall–Kier alpha value is -2.30. The Morgan fingerprint density at radius 2 is 1.85 bits per heavy atom. The molecule has 0 fully saturated rings. The first-order valence-corrected chi connectivity index (χ1v) is 6.45. The fourth-order valence-electron chi connectivity index (χ4n) is 1.45. The number of pyridine rings is 1. The van der Waals surface area contributed by atoms with Crippen LogP contribution in [0.1, 0.15) is 19.4 Å². The standard InChI is InChI=1S/C15H19NO4/c1-4-19-14(17)13(15(18)20-5-2)7-6-12-8-10-16(3)11-9-12/h6-11H,4-5H2,1-3H3/p+1. The second-order valence-corrected chi connectivity index (χ2v) is 4.00. The lowest BCUT2D eigenvalue weighted by atomic mass is 10.2. The number of aliphatic hydroxyl groups is 1. The quantitative estimate of drug-likeness (QED) is 0.284. The molecule has 5 heteroatoms. The molecule has 0 radical (unpaired) electrons. The van der Waals surface area contributed by atoms with Crippen LogP contribution in [0.4, 0.5) is 0 Å². The van der Waals surface area contributed by atoms with Crippen LogP contribution in [0.15, 0.2) is 42.1 Å². The number of aryl methyl sites for hydroxylation is 1. The van der Waals surface area contributed by atoms with Crippen LogP contribution in [-0.4, -0.2) is 24.3 Å². The normalized spacial score (nSPS) is 12.2. The number of hydrogen-bond acceptors (Lipinski definition) is 4. The molecule has 0 unspecified atom stereocenters. The zero-order chi connectivity index (χ0) is 15.0. The van der Waals surface area contributed by atoms with Gasteiger partial charge in [-0.3, -0.25) is 0 Å². The van der Waals surface area contributed by atoms with E-state index < -0.39 is 11.9 Å². The Labute approximate surface area is 118 Å². The Bertz CT molecular complexity index is 503. The molecule has 1 N–H and O–H groups in total. The van der Waals surface area contributed by atoms with E-state index in [1.54, 1.807) is 19.9 Å². The highest BCUT2D eigenvalue weighted by Crippen LogP contribution is 2.11. The number of ether oxygens (including phenoxy) is 2. The average molecular weight is 278 g/mol. The smallest absolute Gasteiger partial charge is 0.345 e. The van der Waals surface area contributed by atoms with Crippen LogP contribution in [0.3, 0.4) is 0 Å². The van der Waals surface area contributed by atoms with Gasteiger partial charge in [-0.1, -0.05) is 6.08 Å². The molecule has 0 aromatic carbocycles. The van der Waals surface area contributed by atoms with Crippen molar-refractivity contribution in [3.8, 4) is 0 Å². The average Bonchev–Trinajstić information content (AvgIpc) is 2.42. The summed E-state index contributed by atoms with van der Waals surface area (Å²) in [7, 11) is 1.92. The van der Waals surface area contributed by atoms with Gasteiger partial charge in [0, 0.05) is 12.1 Å². The Kier molecular flexibility index (Phi) is 6.29. The van der Waals surface area contributed by atoms with Crippen molar-refractivity contribution in [3.05, 3.63) is 47.7 Å². The zero-order valence-electron chi connectivity index (χ0n) is 12.0. The predicted octanol–water partition coefficient (Wildman–Crippen LogP) is 1.89. The minimum absolute atomic E-state index is 0.00179. The van der Waals surface area contributed by atoms with Crippen molar-refractivity contribution in [3.63, 3.8) is 0 Å². The number of carbonyl (C=O) groups excluding carboxylic acids is 1. The highest BCUT2D eigenvalue weighted by molar-refractivity contribution is 5.93. The molecule has 0 saturated carbocycles. The Morgan fingerprint density at radius 3 is 2.40 bits per heavy atom. The topological polar surface area (TPSA) is 59.6 Å². The number of nitrogens with zero attached hydrogens (tertiary/aromatic N) is 1. The lowest BCUT2D eigenvalue weighted by Crippen LogP contribution is -2.25. The van der Waals surface area contributed by atoms with E-state index in [-0.39, 0.29) is 18.8 Å². The summed E-state index contributed by atoms with van der Waals surface area (Å²) in [5.74, 6) is -1.04. The fraction of sp³-hybridized carbons (Fsp3) is 0.333. The summed E-state index contributed by atoms with van der Waals surface area (Å²) in [6, 6.07) is 3.77. The molecule has 1 heterocycles. The lowest BCUT2D eigenvalue weighted by molar-refractivity contribution is -0.671. The maximum Gasteiger partial charge on any atom is 0.345 e. The van der Waals surface area contributed by atoms with E-state index in [0.717, 1.165) is 5.56 Å². The first-order valence-electron chi connectivity index (χ1n) is 6.45. The van der Waals surface area contributed by atoms with Gasteiger partial charge in [-0.25, -0.2) is 9.36 Å². The third-order valence-corrected chi connectivity index (χ3v) is 2.45. The number of rotatable bonds is 6. The van der Waals surface area contributed by atoms with Gasteiger partial charge in [0.1, 0.15) is 12.6 Å². The van der Waals surface area contributed by atoms with Gasteiger partial charge in [0.2, 0.25) is 0 Å². The number of esters is 1. The summed E-state index contributed by atoms with van der Waals surface area (Å²) in [6.45, 7) is 3.93. The minimum Gasteiger partial charge on any atom is -0.480 e. The van der Waals surface area contributed by atoms with Crippen molar-refractivity contribution in [2.45, 2.75) is 13.8 Å². The van der Waals surface area contributed by atoms with Crippen LogP contribution in [-0.2, 0) is 21.3 Å². The van der Waals surface area contributed by atoms with E-state index in [4.69, 9.17) is 9.47 Å². The van der Waals surface area contributed by atoms with Crippen LogP contribution in [0.5, 0.6) is 0 Å². The molecule has 0 spiro atoms. The molecule has 0 aliphatic rings. The van der Waals surface area contributed by atoms with Gasteiger partial charge in [-0.15, -0.1) is 0 Å². The van der Waals surface area contributed by atoms with E-state index in [1.165, 1.54) is 6.08 Å². The number of hydrogen-bond donors (Lipinski definition) is 1. The van der Waals surface area contributed by atoms with Crippen molar-refractivity contribution in [2.24, 2.45) is 7.05 Å². The van der Waals surface area contributed by atoms with Gasteiger partial charge >= 0.3 is 5.97 Å². The minimum atomic E-state index is -0.615. The molecule has 5 nitrogen and oxygen atoms in total. The number of carbonyl (C=O) groups is 1. The highest BCUT2D eigenvalue weighted by atomic mass is 16.6. The highest BCUT2D eigenvalue weighted by Gasteiger charge is 2.15. The van der Waals surface area contributed by atoms with Crippen molar-refractivity contribution in [1.29, 1.82) is 0 Å². The van der Waals surface area contributed by atoms with Gasteiger partial charge in [0.05, 0.1) is 13.2 Å². The first-order chi connectivity index (χ1) is 9.58. The van der Waals surface area contributed by atoms with Crippen LogP contribution in [0, 0.1) is 0 Å². The first kappa shape index (κ1) is 15.8. The molecule has 1 rings (SSSR count). The summed E-state index contributed by atoms with van der Waals surface area (Å²) in [5, 5.41) is 9.73. The maximum absolute atomic E-state index is 11.8. The van der Waals surface area contributed by atoms with E-state index in [9.17, 15) is 9.90 Å². The molecule has 20 heavy (non-hydrogen) atoms. The summed E-state index contributed by atoms with van der Waals surface area (Å²) in [5.41, 5.74) is 0.899. The summed E-state index contributed by atoms with van der Waals surface area (Å²) in [6.07, 6.45) is 6.96. The summed E-state index contributed by atoms with van der Waals surface area (Å²) in [4.78, 5) is 11.8. The van der Waals surface area contributed by atoms with Crippen LogP contribution in [0.25, 0.3) is 6.08 Å². The largest absolute Gasteiger partial charge is 0.480 e. The van der Waals surface area contributed by atoms with Gasteiger partial charge in [0.25, 0.3) is 5.95 Å². The SMILES string of the molecule is CCOC(=O)/C(C=Cc1cc[n+](C)cc1)=C(/O)OCC. The monoisotopic (exact) mass is 278 g/mol. The van der Waals surface area contributed by atoms with Crippen molar-refractivity contribution < 1.29 is 23.9 Å². The Morgan fingerprint density at radius 1 is 1.25 bits per heavy atom. The van der Waals surface area contributed by atoms with Crippen LogP contribution < -0.4 is 4.57 Å². The van der Waals surface area contributed by atoms with E-state index in [1.807, 2.05) is 36.1 Å². The van der Waals surface area contributed by atoms with E-state index in [2.05, 4.69) is 0 Å². The Balaban J connectivity index is 2.97. The number of aromatic nitrogens is 1. The second-order valence-electron chi connectivity index (χ2n) is 4.00. The third kappa shape index (κ3) is 4.76. The molecule has 0 atom stereocenters. The molecular formula is C15H20NO4+. The van der Waals surface area contributed by atoms with Crippen LogP contribution in [0.2, 0.25) is 0 Å². The van der Waals surface area contributed by atoms with E-state index in [0.29, 0.717) is 0 Å². The van der Waals surface area contributed by atoms with E-state index >= 15 is 0 Å². The van der Waals surface area contributed by atoms with Gasteiger partial charge in [-0.05, 0) is 25.5 Å². The van der Waals surface area contributed by atoms with Crippen molar-refractivity contribution in [1.82, 2.24) is 0 Å². The molecule has 0 aliphatic carbocycles. The molecule has 108 valence electrons. The van der Waals surface area contributed by atoms with Gasteiger partial charge in [0.15, 0.2) is 12.4 Å². The molecular weight excluding hydrogens is 258 g/mol. The van der Waals surface area contributed by atoms with Crippen LogP contribution >= 0.6 is 0 Å². The van der Waals surface area contributed by atoms with Gasteiger partial charge in [-0.2, -0.15) is 0 Å². The predicted molar refractivity (Wildman–Crippen MR) is 74.6 cm³/mol. The van der Waals surface area contributed by atoms with Gasteiger partial charge < -0.3 is 14.6 Å². The molecule has 0 amide bonds.